The standard InChI is InChI=1S/C39H79NO4.CH4/c1-4-6-8-10-12-14-16-18-20-22-24-26-28-30-33-38(44-39(41)40-34-31-35-43-37-36-42-3)32-29-27-25-23-21-19-17-15-13-11-9-7-5-2;/h38H,4-37H2,1-3H3,(H,40,41);1H4. The van der Waals surface area contributed by atoms with Gasteiger partial charge in [0.1, 0.15) is 6.10 Å². The minimum Gasteiger partial charge on any atom is -0.446 e. The Morgan fingerprint density at radius 2 is 0.844 bits per heavy atom. The predicted molar refractivity (Wildman–Crippen MR) is 198 cm³/mol. The smallest absolute Gasteiger partial charge is 0.407 e. The lowest BCUT2D eigenvalue weighted by Gasteiger charge is -2.18. The van der Waals surface area contributed by atoms with Gasteiger partial charge in [0, 0.05) is 20.3 Å². The molecule has 0 aromatic heterocycles. The fourth-order valence-corrected chi connectivity index (χ4v) is 6.02. The van der Waals surface area contributed by atoms with E-state index in [4.69, 9.17) is 14.2 Å². The first-order valence-electron chi connectivity index (χ1n) is 19.8. The molecular weight excluding hydrogens is 558 g/mol. The first-order valence-corrected chi connectivity index (χ1v) is 19.8. The van der Waals surface area contributed by atoms with E-state index in [1.165, 1.54) is 173 Å². The molecule has 0 aliphatic carbocycles. The average Bonchev–Trinajstić information content (AvgIpc) is 3.02. The highest BCUT2D eigenvalue weighted by atomic mass is 16.6. The normalized spacial score (nSPS) is 11.8. The maximum absolute atomic E-state index is 12.5. The van der Waals surface area contributed by atoms with Gasteiger partial charge >= 0.3 is 6.09 Å². The van der Waals surface area contributed by atoms with Gasteiger partial charge in [0.25, 0.3) is 0 Å². The highest BCUT2D eigenvalue weighted by molar-refractivity contribution is 5.67. The number of methoxy groups -OCH3 is 1. The zero-order chi connectivity index (χ0) is 32.0. The average molecular weight is 642 g/mol. The fraction of sp³-hybridized carbons (Fsp3) is 0.975. The number of carbonyl (C=O) groups is 1. The van der Waals surface area contributed by atoms with Crippen LogP contribution in [0.25, 0.3) is 0 Å². The number of hydrogen-bond acceptors (Lipinski definition) is 4. The van der Waals surface area contributed by atoms with Gasteiger partial charge in [-0.3, -0.25) is 0 Å². The molecule has 0 spiro atoms. The van der Waals surface area contributed by atoms with Crippen molar-refractivity contribution in [3.05, 3.63) is 0 Å². The summed E-state index contributed by atoms with van der Waals surface area (Å²) in [6, 6.07) is 0. The van der Waals surface area contributed by atoms with Crippen LogP contribution in [0.1, 0.15) is 214 Å². The van der Waals surface area contributed by atoms with E-state index in [-0.39, 0.29) is 19.6 Å². The lowest BCUT2D eigenvalue weighted by atomic mass is 10.0. The lowest BCUT2D eigenvalue weighted by Crippen LogP contribution is -2.30. The Labute approximate surface area is 283 Å². The molecule has 0 rings (SSSR count). The third kappa shape index (κ3) is 39.3. The van der Waals surface area contributed by atoms with Crippen LogP contribution in [0, 0.1) is 0 Å². The first-order chi connectivity index (χ1) is 21.7. The van der Waals surface area contributed by atoms with Crippen LogP contribution >= 0.6 is 0 Å². The molecule has 0 saturated heterocycles. The largest absolute Gasteiger partial charge is 0.446 e. The van der Waals surface area contributed by atoms with Crippen LogP contribution in [-0.4, -0.2) is 45.7 Å². The minimum absolute atomic E-state index is 0. The molecule has 5 nitrogen and oxygen atoms in total. The maximum atomic E-state index is 12.5. The number of carbonyl (C=O) groups excluding carboxylic acids is 1. The third-order valence-corrected chi connectivity index (χ3v) is 8.95. The molecule has 0 radical (unpaired) electrons. The van der Waals surface area contributed by atoms with Crippen molar-refractivity contribution >= 4 is 6.09 Å². The Kier molecular flexibility index (Phi) is 42.4. The van der Waals surface area contributed by atoms with Crippen molar-refractivity contribution in [1.29, 1.82) is 0 Å². The van der Waals surface area contributed by atoms with Gasteiger partial charge in [-0.2, -0.15) is 0 Å². The van der Waals surface area contributed by atoms with E-state index in [0.29, 0.717) is 26.4 Å². The summed E-state index contributed by atoms with van der Waals surface area (Å²) in [6.07, 6.45) is 39.5. The summed E-state index contributed by atoms with van der Waals surface area (Å²) < 4.78 is 16.4. The second kappa shape index (κ2) is 41.2. The zero-order valence-electron chi connectivity index (χ0n) is 30.3. The van der Waals surface area contributed by atoms with Crippen LogP contribution in [0.15, 0.2) is 0 Å². The van der Waals surface area contributed by atoms with Gasteiger partial charge in [-0.25, -0.2) is 4.79 Å². The summed E-state index contributed by atoms with van der Waals surface area (Å²) in [5.74, 6) is 0. The Morgan fingerprint density at radius 3 is 1.20 bits per heavy atom. The van der Waals surface area contributed by atoms with E-state index in [2.05, 4.69) is 19.2 Å². The zero-order valence-corrected chi connectivity index (χ0v) is 30.3. The van der Waals surface area contributed by atoms with E-state index in [9.17, 15) is 4.79 Å². The molecular formula is C40H83NO4. The summed E-state index contributed by atoms with van der Waals surface area (Å²) in [5.41, 5.74) is 0. The summed E-state index contributed by atoms with van der Waals surface area (Å²) in [6.45, 7) is 7.01. The van der Waals surface area contributed by atoms with Crippen LogP contribution in [0.2, 0.25) is 0 Å². The molecule has 0 heterocycles. The molecule has 272 valence electrons. The second-order valence-corrected chi connectivity index (χ2v) is 13.3. The molecule has 45 heavy (non-hydrogen) atoms. The molecule has 0 aliphatic heterocycles. The monoisotopic (exact) mass is 642 g/mol. The van der Waals surface area contributed by atoms with Crippen molar-refractivity contribution in [2.24, 2.45) is 0 Å². The van der Waals surface area contributed by atoms with Crippen LogP contribution in [-0.2, 0) is 14.2 Å². The summed E-state index contributed by atoms with van der Waals surface area (Å²) in [4.78, 5) is 12.5. The second-order valence-electron chi connectivity index (χ2n) is 13.3. The quantitative estimate of drug-likeness (QED) is 0.0686. The number of ether oxygens (including phenoxy) is 3. The molecule has 0 bridgehead atoms. The number of hydrogen-bond donors (Lipinski definition) is 1. The number of amides is 1. The molecule has 0 fully saturated rings. The third-order valence-electron chi connectivity index (χ3n) is 8.95. The van der Waals surface area contributed by atoms with E-state index in [0.717, 1.165) is 19.3 Å². The van der Waals surface area contributed by atoms with Crippen molar-refractivity contribution in [2.75, 3.05) is 33.5 Å². The van der Waals surface area contributed by atoms with Gasteiger partial charge in [-0.1, -0.05) is 182 Å². The summed E-state index contributed by atoms with van der Waals surface area (Å²) in [5, 5.41) is 2.93. The number of nitrogens with one attached hydrogen (secondary N) is 1. The molecule has 1 amide bonds. The molecule has 0 aromatic rings. The van der Waals surface area contributed by atoms with Gasteiger partial charge in [0.05, 0.1) is 13.2 Å². The highest BCUT2D eigenvalue weighted by Gasteiger charge is 2.14. The number of alkyl carbamates (subject to hydrolysis) is 1. The van der Waals surface area contributed by atoms with Crippen molar-refractivity contribution in [2.45, 2.75) is 220 Å². The highest BCUT2D eigenvalue weighted by Crippen LogP contribution is 2.18. The van der Waals surface area contributed by atoms with Crippen LogP contribution < -0.4 is 5.32 Å². The topological polar surface area (TPSA) is 56.8 Å². The summed E-state index contributed by atoms with van der Waals surface area (Å²) in [7, 11) is 1.67. The Hall–Kier alpha value is -0.810. The van der Waals surface area contributed by atoms with Gasteiger partial charge in [0.15, 0.2) is 0 Å². The van der Waals surface area contributed by atoms with Crippen LogP contribution in [0.3, 0.4) is 0 Å². The van der Waals surface area contributed by atoms with E-state index < -0.39 is 0 Å². The van der Waals surface area contributed by atoms with Crippen molar-refractivity contribution in [1.82, 2.24) is 5.32 Å². The fourth-order valence-electron chi connectivity index (χ4n) is 6.02. The molecule has 0 aromatic carbocycles. The predicted octanol–water partition coefficient (Wildman–Crippen LogP) is 13.1. The van der Waals surface area contributed by atoms with Gasteiger partial charge < -0.3 is 19.5 Å². The van der Waals surface area contributed by atoms with Crippen LogP contribution in [0.5, 0.6) is 0 Å². The van der Waals surface area contributed by atoms with Gasteiger partial charge in [-0.05, 0) is 32.1 Å². The van der Waals surface area contributed by atoms with Gasteiger partial charge in [0.2, 0.25) is 0 Å². The van der Waals surface area contributed by atoms with Crippen LogP contribution in [0.4, 0.5) is 4.79 Å². The Morgan fingerprint density at radius 1 is 0.489 bits per heavy atom. The number of rotatable bonds is 37. The molecule has 1 atom stereocenters. The van der Waals surface area contributed by atoms with E-state index in [1.807, 2.05) is 0 Å². The molecule has 0 saturated carbocycles. The molecule has 5 heteroatoms. The van der Waals surface area contributed by atoms with Gasteiger partial charge in [-0.15, -0.1) is 0 Å². The summed E-state index contributed by atoms with van der Waals surface area (Å²) >= 11 is 0. The minimum atomic E-state index is -0.257. The van der Waals surface area contributed by atoms with E-state index in [1.54, 1.807) is 7.11 Å². The van der Waals surface area contributed by atoms with Crippen molar-refractivity contribution in [3.8, 4) is 0 Å². The molecule has 1 N–H and O–H groups in total. The van der Waals surface area contributed by atoms with E-state index >= 15 is 0 Å². The molecule has 0 aliphatic rings. The Bertz CT molecular complexity index is 544. The lowest BCUT2D eigenvalue weighted by molar-refractivity contribution is 0.0670. The van der Waals surface area contributed by atoms with Crippen molar-refractivity contribution < 1.29 is 19.0 Å². The van der Waals surface area contributed by atoms with Crippen molar-refractivity contribution in [3.63, 3.8) is 0 Å². The number of unbranched alkanes of at least 4 members (excludes halogenated alkanes) is 25. The first kappa shape index (κ1) is 46.3. The maximum Gasteiger partial charge on any atom is 0.407 e. The Balaban J connectivity index is 0. The molecule has 1 unspecified atom stereocenters. The SMILES string of the molecule is C.CCCCCCCCCCCCCCCCC(CCCCCCCCCCCCCCC)OC(=O)NCCCOCCOC.